The van der Waals surface area contributed by atoms with Crippen LogP contribution in [0.25, 0.3) is 0 Å². The normalized spacial score (nSPS) is 32.1. The van der Waals surface area contributed by atoms with Crippen LogP contribution in [-0.2, 0) is 9.59 Å². The number of carbonyl (C=O) groups excluding carboxylic acids is 3. The number of imide groups is 1. The zero-order chi connectivity index (χ0) is 21.4. The molecule has 2 aromatic rings. The quantitative estimate of drug-likeness (QED) is 0.575. The molecule has 7 rings (SSSR count). The lowest BCUT2D eigenvalue weighted by atomic mass is 9.63. The summed E-state index contributed by atoms with van der Waals surface area (Å²) >= 11 is 6.13. The topological polar surface area (TPSA) is 66.5 Å². The molecule has 5 aliphatic rings. The number of hydrogen-bond acceptors (Lipinski definition) is 3. The molecule has 1 heterocycles. The largest absolute Gasteiger partial charge is 0.322 e. The summed E-state index contributed by atoms with van der Waals surface area (Å²) in [6.45, 7) is 1.90. The van der Waals surface area contributed by atoms with E-state index in [-0.39, 0.29) is 41.4 Å². The number of benzene rings is 2. The maximum atomic E-state index is 13.2. The van der Waals surface area contributed by atoms with E-state index in [1.807, 2.05) is 13.0 Å². The summed E-state index contributed by atoms with van der Waals surface area (Å²) in [5.41, 5.74) is 2.53. The van der Waals surface area contributed by atoms with Crippen LogP contribution in [0, 0.1) is 42.4 Å². The first-order chi connectivity index (χ1) is 14.9. The number of aryl methyl sites for hydroxylation is 1. The lowest BCUT2D eigenvalue weighted by Crippen LogP contribution is -2.40. The molecule has 2 aromatic carbocycles. The summed E-state index contributed by atoms with van der Waals surface area (Å²) in [4.78, 5) is 40.4. The van der Waals surface area contributed by atoms with Crippen molar-refractivity contribution in [1.29, 1.82) is 0 Å². The minimum Gasteiger partial charge on any atom is -0.322 e. The van der Waals surface area contributed by atoms with Crippen molar-refractivity contribution < 1.29 is 14.4 Å². The molecule has 6 atom stereocenters. The van der Waals surface area contributed by atoms with Gasteiger partial charge in [0.15, 0.2) is 0 Å². The van der Waals surface area contributed by atoms with Crippen LogP contribution >= 0.6 is 11.6 Å². The molecule has 31 heavy (non-hydrogen) atoms. The first-order valence-electron chi connectivity index (χ1n) is 10.7. The lowest BCUT2D eigenvalue weighted by Gasteiger charge is -2.37. The summed E-state index contributed by atoms with van der Waals surface area (Å²) in [7, 11) is 0. The van der Waals surface area contributed by atoms with Crippen LogP contribution < -0.4 is 10.2 Å². The molecule has 4 aliphatic carbocycles. The molecule has 5 nitrogen and oxygen atoms in total. The Balaban J connectivity index is 1.22. The summed E-state index contributed by atoms with van der Waals surface area (Å²) < 4.78 is 0. The Labute approximate surface area is 185 Å². The average molecular weight is 433 g/mol. The highest BCUT2D eigenvalue weighted by Gasteiger charge is 2.67. The molecule has 3 amide bonds. The molecule has 3 fully saturated rings. The number of allylic oxidation sites excluding steroid dienone is 2. The van der Waals surface area contributed by atoms with Gasteiger partial charge in [-0.25, -0.2) is 0 Å². The van der Waals surface area contributed by atoms with E-state index in [0.717, 1.165) is 12.0 Å². The van der Waals surface area contributed by atoms with E-state index in [2.05, 4.69) is 17.5 Å². The Morgan fingerprint density at radius 2 is 1.58 bits per heavy atom. The average Bonchev–Trinajstić information content (AvgIpc) is 3.54. The zero-order valence-electron chi connectivity index (χ0n) is 16.9. The van der Waals surface area contributed by atoms with E-state index < -0.39 is 0 Å². The minimum atomic E-state index is -0.276. The SMILES string of the molecule is Cc1ccc(NC(=O)c2ccc(N3C(=O)[C@@H]4[C@H]5C=C[C@@H]([C@@H]6C[C@H]56)[C@H]4C3=O)cc2)cc1Cl. The number of carbonyl (C=O) groups is 3. The van der Waals surface area contributed by atoms with E-state index in [1.54, 1.807) is 36.4 Å². The van der Waals surface area contributed by atoms with E-state index in [1.165, 1.54) is 4.90 Å². The van der Waals surface area contributed by atoms with Crippen LogP contribution in [0.4, 0.5) is 11.4 Å². The van der Waals surface area contributed by atoms with Crippen molar-refractivity contribution in [2.24, 2.45) is 35.5 Å². The molecule has 156 valence electrons. The van der Waals surface area contributed by atoms with Crippen LogP contribution in [-0.4, -0.2) is 17.7 Å². The zero-order valence-corrected chi connectivity index (χ0v) is 17.7. The lowest BCUT2D eigenvalue weighted by molar-refractivity contribution is -0.124. The highest BCUT2D eigenvalue weighted by molar-refractivity contribution is 6.31. The molecular formula is C25H21ClN2O3. The van der Waals surface area contributed by atoms with Crippen molar-refractivity contribution in [2.45, 2.75) is 13.3 Å². The third kappa shape index (κ3) is 2.72. The molecular weight excluding hydrogens is 412 g/mol. The predicted molar refractivity (Wildman–Crippen MR) is 118 cm³/mol. The molecule has 1 N–H and O–H groups in total. The monoisotopic (exact) mass is 432 g/mol. The fourth-order valence-electron chi connectivity index (χ4n) is 5.85. The van der Waals surface area contributed by atoms with Gasteiger partial charge in [0.2, 0.25) is 11.8 Å². The first-order valence-corrected chi connectivity index (χ1v) is 11.1. The van der Waals surface area contributed by atoms with Gasteiger partial charge in [-0.3, -0.25) is 19.3 Å². The Morgan fingerprint density at radius 3 is 2.16 bits per heavy atom. The molecule has 0 unspecified atom stereocenters. The highest BCUT2D eigenvalue weighted by Crippen LogP contribution is 2.65. The van der Waals surface area contributed by atoms with Gasteiger partial charge in [-0.15, -0.1) is 0 Å². The van der Waals surface area contributed by atoms with Crippen molar-refractivity contribution >= 4 is 40.7 Å². The molecule has 6 heteroatoms. The summed E-state index contributed by atoms with van der Waals surface area (Å²) in [5.74, 6) is 0.657. The van der Waals surface area contributed by atoms with E-state index in [0.29, 0.717) is 33.8 Å². The van der Waals surface area contributed by atoms with Gasteiger partial charge in [0, 0.05) is 16.3 Å². The number of amides is 3. The van der Waals surface area contributed by atoms with Crippen LogP contribution in [0.1, 0.15) is 22.3 Å². The van der Waals surface area contributed by atoms with Crippen LogP contribution in [0.5, 0.6) is 0 Å². The number of anilines is 2. The Morgan fingerprint density at radius 1 is 0.968 bits per heavy atom. The maximum absolute atomic E-state index is 13.2. The second-order valence-corrected chi connectivity index (χ2v) is 9.54. The van der Waals surface area contributed by atoms with Crippen molar-refractivity contribution in [3.8, 4) is 0 Å². The fraction of sp³-hybridized carbons (Fsp3) is 0.320. The van der Waals surface area contributed by atoms with Crippen molar-refractivity contribution in [1.82, 2.24) is 0 Å². The molecule has 0 aromatic heterocycles. The number of rotatable bonds is 3. The number of hydrogen-bond donors (Lipinski definition) is 1. The second-order valence-electron chi connectivity index (χ2n) is 9.13. The van der Waals surface area contributed by atoms with Gasteiger partial charge in [0.1, 0.15) is 0 Å². The van der Waals surface area contributed by atoms with Crippen molar-refractivity contribution in [3.05, 3.63) is 70.8 Å². The molecule has 0 radical (unpaired) electrons. The minimum absolute atomic E-state index is 0.0915. The second kappa shape index (κ2) is 6.54. The van der Waals surface area contributed by atoms with Gasteiger partial charge >= 0.3 is 0 Å². The maximum Gasteiger partial charge on any atom is 0.255 e. The van der Waals surface area contributed by atoms with Gasteiger partial charge in [-0.05, 0) is 79.0 Å². The van der Waals surface area contributed by atoms with E-state index in [4.69, 9.17) is 11.6 Å². The molecule has 1 saturated heterocycles. The molecule has 0 spiro atoms. The summed E-state index contributed by atoms with van der Waals surface area (Å²) in [6, 6.07) is 12.0. The first kappa shape index (κ1) is 18.8. The fourth-order valence-corrected chi connectivity index (χ4v) is 6.03. The summed E-state index contributed by atoms with van der Waals surface area (Å²) in [5, 5.41) is 3.41. The third-order valence-corrected chi connectivity index (χ3v) is 7.89. The van der Waals surface area contributed by atoms with Gasteiger partial charge < -0.3 is 5.32 Å². The standard InChI is InChI=1S/C25H21ClN2O3/c1-12-2-5-14(10-20(12)26)27-23(29)13-3-6-15(7-4-13)28-24(30)21-16-8-9-17(19-11-18(16)19)22(21)25(28)31/h2-10,16-19,21-22H,11H2,1H3,(H,27,29)/t16-,17-,18-,19+,21+,22+/m0/s1. The molecule has 1 aliphatic heterocycles. The Kier molecular flexibility index (Phi) is 3.97. The van der Waals surface area contributed by atoms with Crippen LogP contribution in [0.2, 0.25) is 5.02 Å². The molecule has 2 bridgehead atoms. The highest BCUT2D eigenvalue weighted by atomic mass is 35.5. The number of nitrogens with zero attached hydrogens (tertiary/aromatic N) is 1. The predicted octanol–water partition coefficient (Wildman–Crippen LogP) is 4.46. The van der Waals surface area contributed by atoms with E-state index >= 15 is 0 Å². The van der Waals surface area contributed by atoms with Gasteiger partial charge in [-0.1, -0.05) is 29.8 Å². The van der Waals surface area contributed by atoms with Gasteiger partial charge in [-0.2, -0.15) is 0 Å². The van der Waals surface area contributed by atoms with Gasteiger partial charge in [0.25, 0.3) is 5.91 Å². The van der Waals surface area contributed by atoms with Gasteiger partial charge in [0.05, 0.1) is 17.5 Å². The molecule has 2 saturated carbocycles. The number of halogens is 1. The Hall–Kier alpha value is -2.92. The smallest absolute Gasteiger partial charge is 0.255 e. The Bertz CT molecular complexity index is 1140. The third-order valence-electron chi connectivity index (χ3n) is 7.48. The van der Waals surface area contributed by atoms with Crippen LogP contribution in [0.15, 0.2) is 54.6 Å². The number of nitrogens with one attached hydrogen (secondary N) is 1. The van der Waals surface area contributed by atoms with Crippen LogP contribution in [0.3, 0.4) is 0 Å². The van der Waals surface area contributed by atoms with E-state index in [9.17, 15) is 14.4 Å². The summed E-state index contributed by atoms with van der Waals surface area (Å²) in [6.07, 6.45) is 5.48. The van der Waals surface area contributed by atoms with Crippen molar-refractivity contribution in [2.75, 3.05) is 10.2 Å². The van der Waals surface area contributed by atoms with Crippen molar-refractivity contribution in [3.63, 3.8) is 0 Å².